The van der Waals surface area contributed by atoms with Crippen molar-refractivity contribution in [1.29, 1.82) is 0 Å². The normalized spacial score (nSPS) is 11.2. The van der Waals surface area contributed by atoms with Gasteiger partial charge in [0.1, 0.15) is 5.82 Å². The fraction of sp³-hybridized carbons (Fsp3) is 0.286. The minimum absolute atomic E-state index is 0.0131. The minimum Gasteiger partial charge on any atom is -0.366 e. The average Bonchev–Trinajstić information content (AvgIpc) is 2.88. The maximum absolute atomic E-state index is 12.1. The Labute approximate surface area is 122 Å². The number of primary amides is 1. The van der Waals surface area contributed by atoms with Crippen LogP contribution in [0.5, 0.6) is 0 Å². The van der Waals surface area contributed by atoms with Gasteiger partial charge in [0.2, 0.25) is 5.82 Å². The number of carbonyl (C=O) groups excluding carboxylic acids is 2. The summed E-state index contributed by atoms with van der Waals surface area (Å²) in [6, 6.07) is 6.49. The summed E-state index contributed by atoms with van der Waals surface area (Å²) in [6.07, 6.45) is 0. The molecule has 1 aromatic carbocycles. The lowest BCUT2D eigenvalue weighted by Crippen LogP contribution is -2.19. The van der Waals surface area contributed by atoms with E-state index in [1.54, 1.807) is 18.2 Å². The van der Waals surface area contributed by atoms with E-state index in [0.29, 0.717) is 11.5 Å². The van der Waals surface area contributed by atoms with Gasteiger partial charge in [-0.3, -0.25) is 14.7 Å². The van der Waals surface area contributed by atoms with E-state index in [0.717, 1.165) is 0 Å². The standard InChI is InChI=1S/C14H17N5O2/c1-14(2,3)13-17-11(18-19-13)12(21)16-9-7-5-4-6-8(9)10(15)20/h4-7H,1-3H3,(H2,15,20)(H,16,21)(H,17,18,19). The largest absolute Gasteiger partial charge is 0.366 e. The molecule has 0 atom stereocenters. The first-order valence-electron chi connectivity index (χ1n) is 6.42. The van der Waals surface area contributed by atoms with Gasteiger partial charge >= 0.3 is 0 Å². The Bertz CT molecular complexity index is 685. The number of benzene rings is 1. The fourth-order valence-electron chi connectivity index (χ4n) is 1.68. The molecule has 7 nitrogen and oxygen atoms in total. The Kier molecular flexibility index (Phi) is 3.75. The van der Waals surface area contributed by atoms with E-state index in [1.807, 2.05) is 20.8 Å². The number of nitrogens with zero attached hydrogens (tertiary/aromatic N) is 2. The molecule has 7 heteroatoms. The number of hydrogen-bond acceptors (Lipinski definition) is 4. The van der Waals surface area contributed by atoms with Gasteiger partial charge in [0.05, 0.1) is 11.3 Å². The lowest BCUT2D eigenvalue weighted by molar-refractivity contribution is 0.100. The van der Waals surface area contributed by atoms with Crippen molar-refractivity contribution in [3.63, 3.8) is 0 Å². The smallest absolute Gasteiger partial charge is 0.295 e. The predicted molar refractivity (Wildman–Crippen MR) is 78.0 cm³/mol. The van der Waals surface area contributed by atoms with Gasteiger partial charge in [-0.2, -0.15) is 0 Å². The number of aromatic amines is 1. The van der Waals surface area contributed by atoms with Crippen LogP contribution < -0.4 is 11.1 Å². The van der Waals surface area contributed by atoms with E-state index >= 15 is 0 Å². The number of aromatic nitrogens is 3. The van der Waals surface area contributed by atoms with E-state index in [1.165, 1.54) is 6.07 Å². The highest BCUT2D eigenvalue weighted by Gasteiger charge is 2.22. The summed E-state index contributed by atoms with van der Waals surface area (Å²) in [6.45, 7) is 5.87. The third-order valence-corrected chi connectivity index (χ3v) is 2.84. The van der Waals surface area contributed by atoms with Gasteiger partial charge in [-0.1, -0.05) is 32.9 Å². The molecule has 1 aromatic heterocycles. The lowest BCUT2D eigenvalue weighted by atomic mass is 9.96. The van der Waals surface area contributed by atoms with Gasteiger partial charge in [-0.05, 0) is 12.1 Å². The van der Waals surface area contributed by atoms with Crippen LogP contribution >= 0.6 is 0 Å². The van der Waals surface area contributed by atoms with Crippen LogP contribution in [-0.2, 0) is 5.41 Å². The number of nitrogens with one attached hydrogen (secondary N) is 2. The molecule has 2 aromatic rings. The molecular formula is C14H17N5O2. The van der Waals surface area contributed by atoms with Crippen molar-refractivity contribution < 1.29 is 9.59 Å². The Morgan fingerprint density at radius 1 is 1.24 bits per heavy atom. The van der Waals surface area contributed by atoms with Gasteiger partial charge in [0, 0.05) is 5.41 Å². The number of amides is 2. The minimum atomic E-state index is -0.615. The summed E-state index contributed by atoms with van der Waals surface area (Å²) in [5.41, 5.74) is 5.59. The number of rotatable bonds is 3. The molecule has 0 saturated heterocycles. The molecule has 0 fully saturated rings. The summed E-state index contributed by atoms with van der Waals surface area (Å²) >= 11 is 0. The van der Waals surface area contributed by atoms with E-state index < -0.39 is 11.8 Å². The Balaban J connectivity index is 2.23. The van der Waals surface area contributed by atoms with Gasteiger partial charge in [-0.25, -0.2) is 4.98 Å². The van der Waals surface area contributed by atoms with Crippen LogP contribution in [0.15, 0.2) is 24.3 Å². The van der Waals surface area contributed by atoms with Crippen LogP contribution in [0.4, 0.5) is 5.69 Å². The van der Waals surface area contributed by atoms with E-state index in [-0.39, 0.29) is 16.8 Å². The number of para-hydroxylation sites is 1. The van der Waals surface area contributed by atoms with E-state index in [2.05, 4.69) is 20.5 Å². The van der Waals surface area contributed by atoms with Gasteiger partial charge in [-0.15, -0.1) is 5.10 Å². The number of nitrogens with two attached hydrogens (primary N) is 1. The third kappa shape index (κ3) is 3.25. The Hall–Kier alpha value is -2.70. The molecule has 110 valence electrons. The van der Waals surface area contributed by atoms with Crippen molar-refractivity contribution in [1.82, 2.24) is 15.2 Å². The van der Waals surface area contributed by atoms with Crippen LogP contribution in [0.25, 0.3) is 0 Å². The number of hydrogen-bond donors (Lipinski definition) is 3. The van der Waals surface area contributed by atoms with Crippen molar-refractivity contribution in [2.24, 2.45) is 5.73 Å². The number of H-pyrrole nitrogens is 1. The molecule has 0 unspecified atom stereocenters. The molecule has 0 radical (unpaired) electrons. The quantitative estimate of drug-likeness (QED) is 0.792. The van der Waals surface area contributed by atoms with Crippen LogP contribution in [0.1, 0.15) is 47.6 Å². The summed E-state index contributed by atoms with van der Waals surface area (Å²) < 4.78 is 0. The predicted octanol–water partition coefficient (Wildman–Crippen LogP) is 1.45. The first-order valence-corrected chi connectivity index (χ1v) is 6.42. The molecule has 0 spiro atoms. The molecule has 0 aliphatic rings. The zero-order valence-electron chi connectivity index (χ0n) is 12.1. The van der Waals surface area contributed by atoms with Gasteiger partial charge in [0.25, 0.3) is 11.8 Å². The van der Waals surface area contributed by atoms with Crippen molar-refractivity contribution in [2.45, 2.75) is 26.2 Å². The van der Waals surface area contributed by atoms with Crippen LogP contribution in [0, 0.1) is 0 Å². The molecule has 0 bridgehead atoms. The van der Waals surface area contributed by atoms with Crippen LogP contribution in [0.2, 0.25) is 0 Å². The monoisotopic (exact) mass is 287 g/mol. The molecule has 2 amide bonds. The van der Waals surface area contributed by atoms with Gasteiger partial charge < -0.3 is 11.1 Å². The second-order valence-corrected chi connectivity index (χ2v) is 5.62. The second kappa shape index (κ2) is 5.35. The van der Waals surface area contributed by atoms with E-state index in [4.69, 9.17) is 5.73 Å². The highest BCUT2D eigenvalue weighted by atomic mass is 16.2. The zero-order chi connectivity index (χ0) is 15.6. The molecule has 0 aliphatic heterocycles. The lowest BCUT2D eigenvalue weighted by Gasteiger charge is -2.12. The Morgan fingerprint density at radius 2 is 1.90 bits per heavy atom. The second-order valence-electron chi connectivity index (χ2n) is 5.62. The molecule has 21 heavy (non-hydrogen) atoms. The molecule has 0 saturated carbocycles. The highest BCUT2D eigenvalue weighted by molar-refractivity contribution is 6.07. The molecule has 2 rings (SSSR count). The zero-order valence-corrected chi connectivity index (χ0v) is 12.1. The summed E-state index contributed by atoms with van der Waals surface area (Å²) in [5.74, 6) is -0.498. The molecule has 0 aliphatic carbocycles. The summed E-state index contributed by atoms with van der Waals surface area (Å²) in [5, 5.41) is 9.21. The first-order chi connectivity index (χ1) is 9.79. The first kappa shape index (κ1) is 14.7. The topological polar surface area (TPSA) is 114 Å². The maximum Gasteiger partial charge on any atom is 0.295 e. The molecular weight excluding hydrogens is 270 g/mol. The molecule has 1 heterocycles. The van der Waals surface area contributed by atoms with Crippen molar-refractivity contribution in [3.8, 4) is 0 Å². The van der Waals surface area contributed by atoms with Crippen LogP contribution in [-0.4, -0.2) is 27.0 Å². The average molecular weight is 287 g/mol. The summed E-state index contributed by atoms with van der Waals surface area (Å²) in [4.78, 5) is 27.6. The molecule has 4 N–H and O–H groups in total. The van der Waals surface area contributed by atoms with Crippen molar-refractivity contribution >= 4 is 17.5 Å². The Morgan fingerprint density at radius 3 is 2.48 bits per heavy atom. The van der Waals surface area contributed by atoms with Crippen molar-refractivity contribution in [2.75, 3.05) is 5.32 Å². The van der Waals surface area contributed by atoms with Crippen molar-refractivity contribution in [3.05, 3.63) is 41.5 Å². The maximum atomic E-state index is 12.1. The fourth-order valence-corrected chi connectivity index (χ4v) is 1.68. The summed E-state index contributed by atoms with van der Waals surface area (Å²) in [7, 11) is 0. The SMILES string of the molecule is CC(C)(C)c1nc(C(=O)Nc2ccccc2C(N)=O)n[nH]1. The number of carbonyl (C=O) groups is 2. The van der Waals surface area contributed by atoms with Crippen LogP contribution in [0.3, 0.4) is 0 Å². The third-order valence-electron chi connectivity index (χ3n) is 2.84. The van der Waals surface area contributed by atoms with Gasteiger partial charge in [0.15, 0.2) is 0 Å². The van der Waals surface area contributed by atoms with E-state index in [9.17, 15) is 9.59 Å². The number of anilines is 1. The highest BCUT2D eigenvalue weighted by Crippen LogP contribution is 2.18.